The van der Waals surface area contributed by atoms with E-state index >= 15 is 0 Å². The zero-order chi connectivity index (χ0) is 20.5. The second-order valence-electron chi connectivity index (χ2n) is 7.49. The van der Waals surface area contributed by atoms with E-state index in [2.05, 4.69) is 18.2 Å². The van der Waals surface area contributed by atoms with Gasteiger partial charge in [-0.3, -0.25) is 4.79 Å². The van der Waals surface area contributed by atoms with Crippen LogP contribution in [0, 0.1) is 0 Å². The van der Waals surface area contributed by atoms with E-state index in [-0.39, 0.29) is 18.2 Å². The van der Waals surface area contributed by atoms with E-state index < -0.39 is 18.3 Å². The summed E-state index contributed by atoms with van der Waals surface area (Å²) in [6, 6.07) is 10.1. The van der Waals surface area contributed by atoms with Crippen molar-refractivity contribution in [1.82, 2.24) is 0 Å². The second-order valence-corrected chi connectivity index (χ2v) is 7.49. The highest BCUT2D eigenvalue weighted by Crippen LogP contribution is 2.30. The van der Waals surface area contributed by atoms with Crippen LogP contribution < -0.4 is 0 Å². The zero-order valence-electron chi connectivity index (χ0n) is 17.3. The van der Waals surface area contributed by atoms with E-state index in [1.54, 1.807) is 14.2 Å². The SMILES string of the molecule is CO[C@@H]1[C@@H](OC)[C@H](Cc2ccccc2)O[C@@H]2COCCC/C=C/CCC(=O)O[C@@H]12. The number of benzene rings is 1. The van der Waals surface area contributed by atoms with Crippen LogP contribution in [0.25, 0.3) is 0 Å². The van der Waals surface area contributed by atoms with Gasteiger partial charge in [0.15, 0.2) is 6.10 Å². The van der Waals surface area contributed by atoms with Crippen molar-refractivity contribution in [3.05, 3.63) is 48.0 Å². The fourth-order valence-corrected chi connectivity index (χ4v) is 3.98. The van der Waals surface area contributed by atoms with Crippen LogP contribution in [0.3, 0.4) is 0 Å². The molecule has 0 aliphatic carbocycles. The average molecular weight is 405 g/mol. The molecule has 1 aromatic rings. The fraction of sp³-hybridized carbons (Fsp3) is 0.609. The molecule has 0 radical (unpaired) electrons. The van der Waals surface area contributed by atoms with Gasteiger partial charge in [0.2, 0.25) is 0 Å². The number of methoxy groups -OCH3 is 2. The van der Waals surface area contributed by atoms with Gasteiger partial charge in [-0.25, -0.2) is 0 Å². The molecule has 5 atom stereocenters. The minimum atomic E-state index is -0.575. The molecule has 0 N–H and O–H groups in total. The molecule has 0 aromatic heterocycles. The third-order valence-corrected chi connectivity index (χ3v) is 5.44. The molecule has 0 bridgehead atoms. The Hall–Kier alpha value is -1.73. The van der Waals surface area contributed by atoms with Gasteiger partial charge in [-0.15, -0.1) is 0 Å². The predicted octanol–water partition coefficient (Wildman–Crippen LogP) is 3.09. The van der Waals surface area contributed by atoms with Crippen molar-refractivity contribution in [2.24, 2.45) is 0 Å². The van der Waals surface area contributed by atoms with Gasteiger partial charge in [0.25, 0.3) is 0 Å². The fourth-order valence-electron chi connectivity index (χ4n) is 3.98. The predicted molar refractivity (Wildman–Crippen MR) is 109 cm³/mol. The Morgan fingerprint density at radius 2 is 1.79 bits per heavy atom. The first-order valence-electron chi connectivity index (χ1n) is 10.4. The van der Waals surface area contributed by atoms with Gasteiger partial charge in [-0.1, -0.05) is 42.5 Å². The van der Waals surface area contributed by atoms with E-state index in [9.17, 15) is 4.79 Å². The van der Waals surface area contributed by atoms with Crippen LogP contribution in [-0.2, 0) is 34.9 Å². The summed E-state index contributed by atoms with van der Waals surface area (Å²) in [7, 11) is 3.26. The van der Waals surface area contributed by atoms with Gasteiger partial charge in [0.1, 0.15) is 18.3 Å². The summed E-state index contributed by atoms with van der Waals surface area (Å²) in [6.07, 6.45) is 5.67. The molecule has 1 aromatic carbocycles. The zero-order valence-corrected chi connectivity index (χ0v) is 17.3. The third kappa shape index (κ3) is 6.12. The van der Waals surface area contributed by atoms with Crippen LogP contribution in [0.15, 0.2) is 42.5 Å². The summed E-state index contributed by atoms with van der Waals surface area (Å²) in [6.45, 7) is 0.989. The topological polar surface area (TPSA) is 63.2 Å². The van der Waals surface area contributed by atoms with Crippen LogP contribution in [-0.4, -0.2) is 63.9 Å². The second kappa shape index (κ2) is 11.5. The number of ether oxygens (including phenoxy) is 5. The standard InChI is InChI=1S/C23H32O6/c1-25-21-18(15-17-11-7-6-8-12-17)28-19-16-27-14-10-5-3-4-9-13-20(24)29-22(19)23(21)26-2/h3-4,6-8,11-12,18-19,21-23H,5,9-10,13-16H2,1-2H3/b4-3+/t18-,19+,21-,22+,23+/m0/s1. The van der Waals surface area contributed by atoms with Gasteiger partial charge in [-0.05, 0) is 24.8 Å². The van der Waals surface area contributed by atoms with E-state index in [0.29, 0.717) is 32.5 Å². The quantitative estimate of drug-likeness (QED) is 0.568. The number of esters is 1. The normalized spacial score (nSPS) is 32.8. The van der Waals surface area contributed by atoms with Gasteiger partial charge in [-0.2, -0.15) is 0 Å². The highest BCUT2D eigenvalue weighted by molar-refractivity contribution is 5.69. The Labute approximate surface area is 173 Å². The lowest BCUT2D eigenvalue weighted by atomic mass is 9.91. The summed E-state index contributed by atoms with van der Waals surface area (Å²) in [5, 5.41) is 0. The third-order valence-electron chi connectivity index (χ3n) is 5.44. The number of fused-ring (bicyclic) bond motifs is 1. The van der Waals surface area contributed by atoms with Crippen molar-refractivity contribution in [2.75, 3.05) is 27.4 Å². The molecule has 2 aliphatic heterocycles. The average Bonchev–Trinajstić information content (AvgIpc) is 2.75. The van der Waals surface area contributed by atoms with Crippen molar-refractivity contribution in [1.29, 1.82) is 0 Å². The van der Waals surface area contributed by atoms with Gasteiger partial charge >= 0.3 is 5.97 Å². The number of carbonyl (C=O) groups is 1. The Kier molecular flexibility index (Phi) is 8.68. The molecule has 2 heterocycles. The molecule has 0 amide bonds. The van der Waals surface area contributed by atoms with Gasteiger partial charge in [0, 0.05) is 33.7 Å². The summed E-state index contributed by atoms with van der Waals surface area (Å²) in [4.78, 5) is 12.4. The molecule has 0 unspecified atom stereocenters. The van der Waals surface area contributed by atoms with Crippen molar-refractivity contribution in [3.63, 3.8) is 0 Å². The van der Waals surface area contributed by atoms with Crippen molar-refractivity contribution < 1.29 is 28.5 Å². The lowest BCUT2D eigenvalue weighted by molar-refractivity contribution is -0.252. The maximum absolute atomic E-state index is 12.4. The molecular weight excluding hydrogens is 372 g/mol. The molecule has 1 fully saturated rings. The van der Waals surface area contributed by atoms with Crippen molar-refractivity contribution in [2.45, 2.75) is 62.6 Å². The molecular formula is C23H32O6. The van der Waals surface area contributed by atoms with Crippen molar-refractivity contribution in [3.8, 4) is 0 Å². The minimum absolute atomic E-state index is 0.228. The molecule has 6 heteroatoms. The lowest BCUT2D eigenvalue weighted by Gasteiger charge is -2.45. The van der Waals surface area contributed by atoms with Crippen molar-refractivity contribution >= 4 is 5.97 Å². The first-order valence-corrected chi connectivity index (χ1v) is 10.4. The molecule has 2 aliphatic rings. The first-order chi connectivity index (χ1) is 14.2. The summed E-state index contributed by atoms with van der Waals surface area (Å²) in [5.74, 6) is -0.258. The Morgan fingerprint density at radius 3 is 2.55 bits per heavy atom. The van der Waals surface area contributed by atoms with Gasteiger partial charge < -0.3 is 23.7 Å². The van der Waals surface area contributed by atoms with Gasteiger partial charge in [0.05, 0.1) is 12.7 Å². The van der Waals surface area contributed by atoms with Crippen LogP contribution in [0.2, 0.25) is 0 Å². The summed E-state index contributed by atoms with van der Waals surface area (Å²) < 4.78 is 29.6. The van der Waals surface area contributed by atoms with E-state index in [1.807, 2.05) is 24.3 Å². The molecule has 0 saturated carbocycles. The summed E-state index contributed by atoms with van der Waals surface area (Å²) >= 11 is 0. The highest BCUT2D eigenvalue weighted by atomic mass is 16.6. The Bertz CT molecular complexity index is 646. The van der Waals surface area contributed by atoms with Crippen LogP contribution in [0.4, 0.5) is 0 Å². The first kappa shape index (κ1) is 22.0. The molecule has 3 rings (SSSR count). The number of hydrogen-bond donors (Lipinski definition) is 0. The van der Waals surface area contributed by atoms with Crippen LogP contribution in [0.5, 0.6) is 0 Å². The largest absolute Gasteiger partial charge is 0.457 e. The number of hydrogen-bond acceptors (Lipinski definition) is 6. The van der Waals surface area contributed by atoms with Crippen LogP contribution in [0.1, 0.15) is 31.2 Å². The summed E-state index contributed by atoms with van der Waals surface area (Å²) in [5.41, 5.74) is 1.15. The smallest absolute Gasteiger partial charge is 0.306 e. The molecule has 6 nitrogen and oxygen atoms in total. The number of carbonyl (C=O) groups excluding carboxylic acids is 1. The maximum atomic E-state index is 12.4. The van der Waals surface area contributed by atoms with E-state index in [0.717, 1.165) is 18.4 Å². The molecule has 160 valence electrons. The highest BCUT2D eigenvalue weighted by Gasteiger charge is 2.48. The Balaban J connectivity index is 1.80. The maximum Gasteiger partial charge on any atom is 0.306 e. The molecule has 29 heavy (non-hydrogen) atoms. The number of allylic oxidation sites excluding steroid dienone is 2. The lowest BCUT2D eigenvalue weighted by Crippen LogP contribution is -2.61. The minimum Gasteiger partial charge on any atom is -0.457 e. The Morgan fingerprint density at radius 1 is 1.03 bits per heavy atom. The molecule has 0 spiro atoms. The van der Waals surface area contributed by atoms with E-state index in [1.165, 1.54) is 0 Å². The molecule has 1 saturated heterocycles. The van der Waals surface area contributed by atoms with E-state index in [4.69, 9.17) is 23.7 Å². The van der Waals surface area contributed by atoms with Crippen LogP contribution >= 0.6 is 0 Å². The monoisotopic (exact) mass is 404 g/mol. The number of rotatable bonds is 4.